The molecule has 0 spiro atoms. The van der Waals surface area contributed by atoms with Crippen LogP contribution in [0.3, 0.4) is 0 Å². The lowest BCUT2D eigenvalue weighted by Gasteiger charge is -2.11. The number of hydrogen-bond donors (Lipinski definition) is 1. The lowest BCUT2D eigenvalue weighted by molar-refractivity contribution is 0.416. The summed E-state index contributed by atoms with van der Waals surface area (Å²) >= 11 is 0. The Hall–Kier alpha value is -1.94. The molecule has 94 valence electrons. The fourth-order valence-electron chi connectivity index (χ4n) is 1.80. The largest absolute Gasteiger partial charge is 0.496 e. The van der Waals surface area contributed by atoms with Gasteiger partial charge in [0.25, 0.3) is 0 Å². The summed E-state index contributed by atoms with van der Waals surface area (Å²) in [6, 6.07) is 8.74. The Morgan fingerprint density at radius 3 is 2.44 bits per heavy atom. The van der Waals surface area contributed by atoms with E-state index in [0.29, 0.717) is 23.4 Å². The highest BCUT2D eigenvalue weighted by Gasteiger charge is 2.12. The predicted molar refractivity (Wildman–Crippen MR) is 66.2 cm³/mol. The van der Waals surface area contributed by atoms with Crippen molar-refractivity contribution in [3.05, 3.63) is 53.6 Å². The summed E-state index contributed by atoms with van der Waals surface area (Å²) in [4.78, 5) is 0. The van der Waals surface area contributed by atoms with Crippen LogP contribution in [0, 0.1) is 11.6 Å². The van der Waals surface area contributed by atoms with Crippen LogP contribution in [0.1, 0.15) is 5.56 Å². The number of nitrogens with two attached hydrogens (primary N) is 1. The molecule has 0 saturated heterocycles. The van der Waals surface area contributed by atoms with E-state index in [4.69, 9.17) is 10.5 Å². The maximum absolute atomic E-state index is 13.8. The fraction of sp³-hybridized carbons (Fsp3) is 0.143. The van der Waals surface area contributed by atoms with Crippen molar-refractivity contribution in [3.63, 3.8) is 0 Å². The molecule has 4 heteroatoms. The van der Waals surface area contributed by atoms with Crippen LogP contribution in [-0.2, 0) is 6.54 Å². The van der Waals surface area contributed by atoms with E-state index in [0.717, 1.165) is 11.6 Å². The van der Waals surface area contributed by atoms with E-state index >= 15 is 0 Å². The lowest BCUT2D eigenvalue weighted by atomic mass is 10.0. The van der Waals surface area contributed by atoms with E-state index in [1.165, 1.54) is 19.2 Å². The first-order valence-electron chi connectivity index (χ1n) is 5.48. The van der Waals surface area contributed by atoms with Crippen molar-refractivity contribution in [1.82, 2.24) is 0 Å². The molecule has 0 amide bonds. The van der Waals surface area contributed by atoms with Gasteiger partial charge in [0, 0.05) is 23.7 Å². The Balaban J connectivity index is 2.60. The maximum Gasteiger partial charge on any atom is 0.134 e. The zero-order valence-electron chi connectivity index (χ0n) is 9.91. The van der Waals surface area contributed by atoms with Crippen molar-refractivity contribution in [2.75, 3.05) is 7.11 Å². The van der Waals surface area contributed by atoms with Gasteiger partial charge >= 0.3 is 0 Å². The molecule has 2 rings (SSSR count). The smallest absolute Gasteiger partial charge is 0.134 e. The molecule has 2 aromatic carbocycles. The normalized spacial score (nSPS) is 10.4. The zero-order valence-corrected chi connectivity index (χ0v) is 9.91. The van der Waals surface area contributed by atoms with E-state index < -0.39 is 11.6 Å². The molecule has 2 aromatic rings. The number of methoxy groups -OCH3 is 1. The summed E-state index contributed by atoms with van der Waals surface area (Å²) in [6.45, 7) is 0.347. The van der Waals surface area contributed by atoms with Crippen molar-refractivity contribution in [1.29, 1.82) is 0 Å². The van der Waals surface area contributed by atoms with Crippen LogP contribution < -0.4 is 10.5 Å². The first kappa shape index (κ1) is 12.5. The fourth-order valence-corrected chi connectivity index (χ4v) is 1.80. The molecule has 0 atom stereocenters. The van der Waals surface area contributed by atoms with Crippen LogP contribution >= 0.6 is 0 Å². The van der Waals surface area contributed by atoms with Gasteiger partial charge in [-0.1, -0.05) is 6.07 Å². The van der Waals surface area contributed by atoms with Gasteiger partial charge in [0.1, 0.15) is 17.4 Å². The average molecular weight is 249 g/mol. The Morgan fingerprint density at radius 2 is 1.83 bits per heavy atom. The van der Waals surface area contributed by atoms with E-state index in [-0.39, 0.29) is 0 Å². The monoisotopic (exact) mass is 249 g/mol. The summed E-state index contributed by atoms with van der Waals surface area (Å²) in [6.07, 6.45) is 0. The predicted octanol–water partition coefficient (Wildman–Crippen LogP) is 3.10. The number of rotatable bonds is 3. The Labute approximate surface area is 104 Å². The molecule has 2 nitrogen and oxygen atoms in total. The molecule has 0 aromatic heterocycles. The minimum atomic E-state index is -0.623. The first-order valence-corrected chi connectivity index (χ1v) is 5.48. The second-order valence-corrected chi connectivity index (χ2v) is 3.86. The van der Waals surface area contributed by atoms with Crippen molar-refractivity contribution < 1.29 is 13.5 Å². The molecule has 0 radical (unpaired) electrons. The number of benzene rings is 2. The van der Waals surface area contributed by atoms with E-state index in [1.54, 1.807) is 12.1 Å². The zero-order chi connectivity index (χ0) is 13.1. The van der Waals surface area contributed by atoms with Gasteiger partial charge < -0.3 is 10.5 Å². The minimum Gasteiger partial charge on any atom is -0.496 e. The van der Waals surface area contributed by atoms with Crippen molar-refractivity contribution in [3.8, 4) is 16.9 Å². The van der Waals surface area contributed by atoms with Crippen LogP contribution in [0.2, 0.25) is 0 Å². The van der Waals surface area contributed by atoms with Gasteiger partial charge in [0.2, 0.25) is 0 Å². The molecule has 18 heavy (non-hydrogen) atoms. The Kier molecular flexibility index (Phi) is 3.58. The summed E-state index contributed by atoms with van der Waals surface area (Å²) in [5.41, 5.74) is 7.27. The van der Waals surface area contributed by atoms with Crippen LogP contribution in [0.4, 0.5) is 8.78 Å². The molecule has 0 aliphatic rings. The third-order valence-electron chi connectivity index (χ3n) is 2.72. The van der Waals surface area contributed by atoms with Gasteiger partial charge in [-0.25, -0.2) is 8.78 Å². The summed E-state index contributed by atoms with van der Waals surface area (Å²) < 4.78 is 31.8. The van der Waals surface area contributed by atoms with Crippen LogP contribution in [0.5, 0.6) is 5.75 Å². The summed E-state index contributed by atoms with van der Waals surface area (Å²) in [5.74, 6) is -0.703. The first-order chi connectivity index (χ1) is 8.65. The van der Waals surface area contributed by atoms with Crippen molar-refractivity contribution >= 4 is 0 Å². The lowest BCUT2D eigenvalue weighted by Crippen LogP contribution is -1.98. The average Bonchev–Trinajstić information content (AvgIpc) is 2.38. The van der Waals surface area contributed by atoms with E-state index in [1.807, 2.05) is 6.07 Å². The van der Waals surface area contributed by atoms with Crippen molar-refractivity contribution in [2.24, 2.45) is 5.73 Å². The maximum atomic E-state index is 13.8. The molecule has 0 bridgehead atoms. The topological polar surface area (TPSA) is 35.2 Å². The summed E-state index contributed by atoms with van der Waals surface area (Å²) in [5, 5.41) is 0. The van der Waals surface area contributed by atoms with Crippen LogP contribution in [-0.4, -0.2) is 7.11 Å². The molecular weight excluding hydrogens is 236 g/mol. The van der Waals surface area contributed by atoms with Crippen molar-refractivity contribution in [2.45, 2.75) is 6.54 Å². The highest BCUT2D eigenvalue weighted by molar-refractivity contribution is 5.71. The Bertz CT molecular complexity index is 570. The second kappa shape index (κ2) is 5.14. The minimum absolute atomic E-state index is 0.295. The molecule has 2 N–H and O–H groups in total. The molecule has 0 saturated carbocycles. The van der Waals surface area contributed by atoms with Crippen LogP contribution in [0.25, 0.3) is 11.1 Å². The Morgan fingerprint density at radius 1 is 1.06 bits per heavy atom. The van der Waals surface area contributed by atoms with Gasteiger partial charge in [0.05, 0.1) is 7.11 Å². The third kappa shape index (κ3) is 2.33. The van der Waals surface area contributed by atoms with E-state index in [9.17, 15) is 8.78 Å². The van der Waals surface area contributed by atoms with Crippen LogP contribution in [0.15, 0.2) is 36.4 Å². The van der Waals surface area contributed by atoms with Gasteiger partial charge in [-0.15, -0.1) is 0 Å². The quantitative estimate of drug-likeness (QED) is 0.907. The molecule has 0 aliphatic carbocycles. The van der Waals surface area contributed by atoms with Gasteiger partial charge in [0.15, 0.2) is 0 Å². The highest BCUT2D eigenvalue weighted by atomic mass is 19.1. The van der Waals surface area contributed by atoms with E-state index in [2.05, 4.69) is 0 Å². The highest BCUT2D eigenvalue weighted by Crippen LogP contribution is 2.32. The third-order valence-corrected chi connectivity index (χ3v) is 2.72. The molecular formula is C14H13F2NO. The number of hydrogen-bond acceptors (Lipinski definition) is 2. The van der Waals surface area contributed by atoms with Gasteiger partial charge in [-0.05, 0) is 29.8 Å². The molecule has 0 heterocycles. The molecule has 0 aliphatic heterocycles. The number of ether oxygens (including phenoxy) is 1. The standard InChI is InChI=1S/C14H13F2NO/c1-18-14-5-2-9(8-17)6-12(14)11-4-3-10(15)7-13(11)16/h2-7H,8,17H2,1H3. The van der Waals surface area contributed by atoms with Gasteiger partial charge in [-0.2, -0.15) is 0 Å². The number of halogens is 2. The molecule has 0 unspecified atom stereocenters. The summed E-state index contributed by atoms with van der Waals surface area (Å²) in [7, 11) is 1.50. The SMILES string of the molecule is COc1ccc(CN)cc1-c1ccc(F)cc1F. The second-order valence-electron chi connectivity index (χ2n) is 3.86. The van der Waals surface area contributed by atoms with Gasteiger partial charge in [-0.3, -0.25) is 0 Å². The molecule has 0 fully saturated rings.